The molecule has 1 aromatic rings. The minimum atomic E-state index is -1.40. The van der Waals surface area contributed by atoms with Crippen LogP contribution in [-0.4, -0.2) is 63.8 Å². The van der Waals surface area contributed by atoms with Crippen molar-refractivity contribution < 1.29 is 28.4 Å². The molecule has 0 bridgehead atoms. The molecular weight excluding hydrogens is 458 g/mol. The van der Waals surface area contributed by atoms with E-state index in [1.54, 1.807) is 38.1 Å². The summed E-state index contributed by atoms with van der Waals surface area (Å²) in [5, 5.41) is 17.8. The smallest absolute Gasteiger partial charge is 0.407 e. The Morgan fingerprint density at radius 2 is 1.91 bits per heavy atom. The van der Waals surface area contributed by atoms with Crippen LogP contribution in [0.4, 0.5) is 4.79 Å². The van der Waals surface area contributed by atoms with Crippen LogP contribution in [0.25, 0.3) is 0 Å². The maximum absolute atomic E-state index is 12.9. The van der Waals surface area contributed by atoms with E-state index in [4.69, 9.17) is 4.74 Å². The molecule has 4 atom stereocenters. The van der Waals surface area contributed by atoms with Gasteiger partial charge in [-0.05, 0) is 51.2 Å². The Morgan fingerprint density at radius 3 is 2.47 bits per heavy atom. The lowest BCUT2D eigenvalue weighted by Gasteiger charge is -2.26. The monoisotopic (exact) mass is 495 g/mol. The molecule has 9 nitrogen and oxygen atoms in total. The van der Waals surface area contributed by atoms with E-state index in [9.17, 15) is 23.7 Å². The van der Waals surface area contributed by atoms with E-state index in [0.717, 1.165) is 0 Å². The van der Waals surface area contributed by atoms with Gasteiger partial charge >= 0.3 is 6.09 Å². The molecule has 1 saturated heterocycles. The highest BCUT2D eigenvalue weighted by Crippen LogP contribution is 2.21. The number of nitrogens with one attached hydrogen (secondary N) is 3. The van der Waals surface area contributed by atoms with Crippen molar-refractivity contribution in [1.29, 1.82) is 0 Å². The van der Waals surface area contributed by atoms with Crippen LogP contribution in [0.1, 0.15) is 47.0 Å². The Hall–Kier alpha value is -2.46. The molecular formula is C24H37N3O6S. The maximum atomic E-state index is 12.9. The maximum Gasteiger partial charge on any atom is 0.407 e. The number of hydrogen-bond donors (Lipinski definition) is 4. The molecule has 1 fully saturated rings. The summed E-state index contributed by atoms with van der Waals surface area (Å²) in [5.74, 6) is -0.684. The fourth-order valence-electron chi connectivity index (χ4n) is 3.74. The number of amides is 3. The van der Waals surface area contributed by atoms with Crippen molar-refractivity contribution in [1.82, 2.24) is 16.0 Å². The molecule has 2 rings (SSSR count). The molecule has 1 heterocycles. The summed E-state index contributed by atoms with van der Waals surface area (Å²) < 4.78 is 17.4. The van der Waals surface area contributed by atoms with Crippen LogP contribution in [0.2, 0.25) is 0 Å². The molecule has 0 unspecified atom stereocenters. The van der Waals surface area contributed by atoms with Crippen molar-refractivity contribution in [3.63, 3.8) is 0 Å². The summed E-state index contributed by atoms with van der Waals surface area (Å²) in [6.07, 6.45) is 0.565. The zero-order valence-corrected chi connectivity index (χ0v) is 21.2. The summed E-state index contributed by atoms with van der Waals surface area (Å²) in [6.45, 7) is 7.50. The quantitative estimate of drug-likeness (QED) is 0.349. The normalized spacial score (nSPS) is 18.6. The largest absolute Gasteiger partial charge is 0.448 e. The number of benzene rings is 1. The van der Waals surface area contributed by atoms with Gasteiger partial charge in [0.25, 0.3) is 0 Å². The predicted octanol–water partition coefficient (Wildman–Crippen LogP) is 1.72. The molecule has 0 spiro atoms. The number of aliphatic hydroxyl groups is 1. The van der Waals surface area contributed by atoms with E-state index < -0.39 is 39.6 Å². The van der Waals surface area contributed by atoms with Crippen molar-refractivity contribution in [2.75, 3.05) is 19.8 Å². The van der Waals surface area contributed by atoms with Gasteiger partial charge in [0.1, 0.15) is 12.6 Å². The van der Waals surface area contributed by atoms with Gasteiger partial charge in [0.15, 0.2) is 0 Å². The van der Waals surface area contributed by atoms with Crippen LogP contribution in [-0.2, 0) is 25.1 Å². The minimum absolute atomic E-state index is 0.0800. The van der Waals surface area contributed by atoms with Crippen molar-refractivity contribution >= 4 is 28.7 Å². The highest BCUT2D eigenvalue weighted by atomic mass is 32.2. The summed E-state index contributed by atoms with van der Waals surface area (Å²) in [6, 6.07) is 7.47. The first-order valence-electron chi connectivity index (χ1n) is 11.6. The number of ether oxygens (including phenoxy) is 1. The highest BCUT2D eigenvalue weighted by molar-refractivity contribution is 7.86. The SMILES string of the molecule is CC(C)C[C@H](NC(=O)OCC(C)(C)[S@](=O)c1ccccc1)C(=O)N[C@H](CO)C[C@@H]1CCNC1=O. The Balaban J connectivity index is 1.94. The van der Waals surface area contributed by atoms with Crippen molar-refractivity contribution in [2.24, 2.45) is 11.8 Å². The first-order valence-corrected chi connectivity index (χ1v) is 12.8. The second kappa shape index (κ2) is 12.9. The Kier molecular flexibility index (Phi) is 10.5. The molecule has 10 heteroatoms. The molecule has 190 valence electrons. The number of alkyl carbamates (subject to hydrolysis) is 1. The van der Waals surface area contributed by atoms with Crippen molar-refractivity contribution in [2.45, 2.75) is 68.7 Å². The average molecular weight is 496 g/mol. The van der Waals surface area contributed by atoms with Crippen LogP contribution in [0.15, 0.2) is 35.2 Å². The lowest BCUT2D eigenvalue weighted by atomic mass is 9.97. The third kappa shape index (κ3) is 8.39. The van der Waals surface area contributed by atoms with Crippen LogP contribution in [0.3, 0.4) is 0 Å². The first-order chi connectivity index (χ1) is 16.0. The molecule has 1 aromatic carbocycles. The van der Waals surface area contributed by atoms with Crippen LogP contribution < -0.4 is 16.0 Å². The highest BCUT2D eigenvalue weighted by Gasteiger charge is 2.32. The van der Waals surface area contributed by atoms with Gasteiger partial charge in [-0.15, -0.1) is 0 Å². The standard InChI is InChI=1S/C24H37N3O6S/c1-16(2)12-20(22(30)26-18(14-28)13-17-10-11-25-21(17)29)27-23(31)33-15-24(3,4)34(32)19-8-6-5-7-9-19/h5-9,16-18,20,28H,10-15H2,1-4H3,(H,25,29)(H,26,30)(H,27,31)/t17-,18-,20-,34+/m0/s1. The Bertz CT molecular complexity index is 862. The second-order valence-corrected chi connectivity index (χ2v) is 11.8. The average Bonchev–Trinajstić information content (AvgIpc) is 3.20. The van der Waals surface area contributed by atoms with Crippen molar-refractivity contribution in [3.8, 4) is 0 Å². The molecule has 1 aliphatic heterocycles. The first kappa shape index (κ1) is 27.8. The molecule has 34 heavy (non-hydrogen) atoms. The van der Waals surface area contributed by atoms with Gasteiger partial charge in [-0.25, -0.2) is 4.79 Å². The van der Waals surface area contributed by atoms with Crippen molar-refractivity contribution in [3.05, 3.63) is 30.3 Å². The van der Waals surface area contributed by atoms with E-state index in [1.165, 1.54) is 0 Å². The minimum Gasteiger partial charge on any atom is -0.448 e. The van der Waals surface area contributed by atoms with Gasteiger partial charge in [-0.2, -0.15) is 0 Å². The zero-order chi connectivity index (χ0) is 25.3. The van der Waals surface area contributed by atoms with Gasteiger partial charge in [0.05, 0.1) is 28.2 Å². The molecule has 3 amide bonds. The third-order valence-corrected chi connectivity index (χ3v) is 7.45. The second-order valence-electron chi connectivity index (χ2n) is 9.64. The fourth-order valence-corrected chi connectivity index (χ4v) is 4.95. The molecule has 0 aliphatic carbocycles. The number of carbonyl (C=O) groups is 3. The molecule has 4 N–H and O–H groups in total. The Morgan fingerprint density at radius 1 is 1.24 bits per heavy atom. The number of aliphatic hydroxyl groups excluding tert-OH is 1. The Labute approximate surface area is 203 Å². The van der Waals surface area contributed by atoms with E-state index >= 15 is 0 Å². The topological polar surface area (TPSA) is 134 Å². The van der Waals surface area contributed by atoms with Gasteiger partial charge in [0, 0.05) is 17.4 Å². The van der Waals surface area contributed by atoms with E-state index in [2.05, 4.69) is 16.0 Å². The van der Waals surface area contributed by atoms with Gasteiger partial charge < -0.3 is 25.8 Å². The van der Waals surface area contributed by atoms with Gasteiger partial charge in [-0.3, -0.25) is 13.8 Å². The summed E-state index contributed by atoms with van der Waals surface area (Å²) in [5.41, 5.74) is 0. The molecule has 0 saturated carbocycles. The predicted molar refractivity (Wildman–Crippen MR) is 129 cm³/mol. The lowest BCUT2D eigenvalue weighted by Crippen LogP contribution is -2.52. The van der Waals surface area contributed by atoms with Crippen LogP contribution in [0.5, 0.6) is 0 Å². The molecule has 0 aromatic heterocycles. The summed E-state index contributed by atoms with van der Waals surface area (Å²) in [7, 11) is -1.40. The number of carbonyl (C=O) groups excluding carboxylic acids is 3. The summed E-state index contributed by atoms with van der Waals surface area (Å²) >= 11 is 0. The lowest BCUT2D eigenvalue weighted by molar-refractivity contribution is -0.126. The number of hydrogen-bond acceptors (Lipinski definition) is 6. The van der Waals surface area contributed by atoms with E-state index in [0.29, 0.717) is 30.7 Å². The van der Waals surface area contributed by atoms with Gasteiger partial charge in [-0.1, -0.05) is 32.0 Å². The van der Waals surface area contributed by atoms with Crippen LogP contribution in [0, 0.1) is 11.8 Å². The number of rotatable bonds is 12. The molecule has 1 aliphatic rings. The third-order valence-electron chi connectivity index (χ3n) is 5.62. The van der Waals surface area contributed by atoms with Crippen LogP contribution >= 0.6 is 0 Å². The fraction of sp³-hybridized carbons (Fsp3) is 0.625. The van der Waals surface area contributed by atoms with E-state index in [1.807, 2.05) is 19.9 Å². The van der Waals surface area contributed by atoms with E-state index in [-0.39, 0.29) is 31.0 Å². The zero-order valence-electron chi connectivity index (χ0n) is 20.3. The summed E-state index contributed by atoms with van der Waals surface area (Å²) in [4.78, 5) is 37.9. The van der Waals surface area contributed by atoms with Gasteiger partial charge in [0.2, 0.25) is 11.8 Å². The molecule has 0 radical (unpaired) electrons.